The van der Waals surface area contributed by atoms with Crippen molar-refractivity contribution in [2.45, 2.75) is 11.4 Å². The molecule has 1 amide bonds. The van der Waals surface area contributed by atoms with Crippen LogP contribution in [-0.2, 0) is 6.54 Å². The molecule has 0 saturated carbocycles. The van der Waals surface area contributed by atoms with E-state index in [0.29, 0.717) is 12.1 Å². The van der Waals surface area contributed by atoms with E-state index in [2.05, 4.69) is 33.9 Å². The van der Waals surface area contributed by atoms with Crippen LogP contribution in [0.2, 0.25) is 0 Å². The average molecular weight is 328 g/mol. The van der Waals surface area contributed by atoms with Crippen LogP contribution in [0, 0.1) is 0 Å². The third-order valence-electron chi connectivity index (χ3n) is 2.16. The molecule has 0 aliphatic carbocycles. The van der Waals surface area contributed by atoms with Gasteiger partial charge in [-0.25, -0.2) is 0 Å². The first-order valence-corrected chi connectivity index (χ1v) is 7.02. The van der Waals surface area contributed by atoms with Gasteiger partial charge in [-0.1, -0.05) is 6.07 Å². The van der Waals surface area contributed by atoms with Crippen LogP contribution in [0.15, 0.2) is 45.1 Å². The van der Waals surface area contributed by atoms with Gasteiger partial charge in [0.15, 0.2) is 0 Å². The molecule has 0 aliphatic heterocycles. The topological polar surface area (TPSA) is 29.1 Å². The number of benzene rings is 1. The molecule has 2 rings (SSSR count). The van der Waals surface area contributed by atoms with Gasteiger partial charge >= 0.3 is 0 Å². The monoisotopic (exact) mass is 327 g/mol. The number of thiophene rings is 1. The maximum atomic E-state index is 11.8. The number of amides is 1. The van der Waals surface area contributed by atoms with E-state index >= 15 is 0 Å². The highest BCUT2D eigenvalue weighted by Crippen LogP contribution is 2.21. The zero-order valence-corrected chi connectivity index (χ0v) is 12.1. The van der Waals surface area contributed by atoms with Crippen molar-refractivity contribution < 1.29 is 4.79 Å². The smallest absolute Gasteiger partial charge is 0.251 e. The fraction of sp³-hybridized carbons (Fsp3) is 0.0833. The van der Waals surface area contributed by atoms with E-state index in [1.807, 2.05) is 24.3 Å². The summed E-state index contributed by atoms with van der Waals surface area (Å²) in [5.74, 6) is -0.0783. The Morgan fingerprint density at radius 2 is 2.18 bits per heavy atom. The Morgan fingerprint density at radius 3 is 2.82 bits per heavy atom. The molecule has 0 atom stereocenters. The first-order valence-electron chi connectivity index (χ1n) is 4.96. The number of carbonyl (C=O) groups excluding carboxylic acids is 1. The molecule has 0 spiro atoms. The van der Waals surface area contributed by atoms with Gasteiger partial charge < -0.3 is 5.32 Å². The summed E-state index contributed by atoms with van der Waals surface area (Å²) in [6, 6.07) is 11.2. The summed E-state index contributed by atoms with van der Waals surface area (Å²) < 4.78 is 1.07. The van der Waals surface area contributed by atoms with E-state index < -0.39 is 0 Å². The summed E-state index contributed by atoms with van der Waals surface area (Å²) in [4.78, 5) is 13.7. The Labute approximate surface area is 118 Å². The molecule has 0 aliphatic rings. The zero-order valence-electron chi connectivity index (χ0n) is 8.81. The molecule has 0 saturated heterocycles. The van der Waals surface area contributed by atoms with Gasteiger partial charge in [0.05, 0.1) is 10.3 Å². The predicted octanol–water partition coefficient (Wildman–Crippen LogP) is 3.73. The minimum absolute atomic E-state index is 0.0783. The third-order valence-corrected chi connectivity index (χ3v) is 4.06. The Hall–Kier alpha value is -0.780. The van der Waals surface area contributed by atoms with E-state index in [1.54, 1.807) is 23.5 Å². The maximum Gasteiger partial charge on any atom is 0.251 e. The lowest BCUT2D eigenvalue weighted by molar-refractivity contribution is 0.0951. The fourth-order valence-corrected chi connectivity index (χ4v) is 3.01. The number of hydrogen-bond donors (Lipinski definition) is 2. The van der Waals surface area contributed by atoms with Gasteiger partial charge in [0.25, 0.3) is 5.91 Å². The molecule has 0 radical (unpaired) electrons. The predicted molar refractivity (Wildman–Crippen MR) is 76.9 cm³/mol. The van der Waals surface area contributed by atoms with Crippen LogP contribution in [0.5, 0.6) is 0 Å². The highest BCUT2D eigenvalue weighted by molar-refractivity contribution is 9.11. The maximum absolute atomic E-state index is 11.8. The molecular formula is C12H10BrNOS2. The SMILES string of the molecule is O=C(NCc1ccc(Br)s1)c1cccc(S)c1. The van der Waals surface area contributed by atoms with Crippen LogP contribution < -0.4 is 5.32 Å². The first-order chi connectivity index (χ1) is 8.15. The normalized spacial score (nSPS) is 10.2. The number of rotatable bonds is 3. The van der Waals surface area contributed by atoms with Crippen molar-refractivity contribution in [3.8, 4) is 0 Å². The molecule has 1 aromatic heterocycles. The summed E-state index contributed by atoms with van der Waals surface area (Å²) in [7, 11) is 0. The lowest BCUT2D eigenvalue weighted by atomic mass is 10.2. The van der Waals surface area contributed by atoms with Gasteiger partial charge in [0, 0.05) is 15.3 Å². The van der Waals surface area contributed by atoms with E-state index in [9.17, 15) is 4.79 Å². The Balaban J connectivity index is 1.98. The van der Waals surface area contributed by atoms with Crippen LogP contribution in [-0.4, -0.2) is 5.91 Å². The first kappa shape index (κ1) is 12.7. The Bertz CT molecular complexity index is 539. The van der Waals surface area contributed by atoms with Gasteiger partial charge in [0.2, 0.25) is 0 Å². The molecule has 1 N–H and O–H groups in total. The average Bonchev–Trinajstić information content (AvgIpc) is 2.72. The highest BCUT2D eigenvalue weighted by atomic mass is 79.9. The van der Waals surface area contributed by atoms with Crippen molar-refractivity contribution in [1.82, 2.24) is 5.32 Å². The Morgan fingerprint density at radius 1 is 1.35 bits per heavy atom. The minimum atomic E-state index is -0.0783. The molecule has 17 heavy (non-hydrogen) atoms. The van der Waals surface area contributed by atoms with E-state index in [4.69, 9.17) is 0 Å². The second-order valence-electron chi connectivity index (χ2n) is 3.44. The molecule has 0 fully saturated rings. The molecule has 0 unspecified atom stereocenters. The van der Waals surface area contributed by atoms with Gasteiger partial charge in [-0.05, 0) is 46.3 Å². The summed E-state index contributed by atoms with van der Waals surface area (Å²) in [6.45, 7) is 0.548. The van der Waals surface area contributed by atoms with Gasteiger partial charge in [-0.2, -0.15) is 0 Å². The summed E-state index contributed by atoms with van der Waals surface area (Å²) in [5, 5.41) is 2.87. The molecule has 5 heteroatoms. The standard InChI is InChI=1S/C12H10BrNOS2/c13-11-5-4-10(17-11)7-14-12(15)8-2-1-3-9(16)6-8/h1-6,16H,7H2,(H,14,15). The van der Waals surface area contributed by atoms with Crippen molar-refractivity contribution in [2.75, 3.05) is 0 Å². The highest BCUT2D eigenvalue weighted by Gasteiger charge is 2.05. The largest absolute Gasteiger partial charge is 0.347 e. The van der Waals surface area contributed by atoms with Gasteiger partial charge in [-0.3, -0.25) is 4.79 Å². The summed E-state index contributed by atoms with van der Waals surface area (Å²) >= 11 is 9.21. The van der Waals surface area contributed by atoms with Crippen LogP contribution in [0.25, 0.3) is 0 Å². The van der Waals surface area contributed by atoms with E-state index in [1.165, 1.54) is 0 Å². The lowest BCUT2D eigenvalue weighted by Gasteiger charge is -2.04. The second-order valence-corrected chi connectivity index (χ2v) is 6.50. The van der Waals surface area contributed by atoms with Crippen molar-refractivity contribution >= 4 is 45.8 Å². The molecule has 1 aromatic carbocycles. The number of halogens is 1. The third kappa shape index (κ3) is 3.59. The molecule has 88 valence electrons. The van der Waals surface area contributed by atoms with Crippen molar-refractivity contribution in [1.29, 1.82) is 0 Å². The number of carbonyl (C=O) groups is 1. The molecular weight excluding hydrogens is 318 g/mol. The van der Waals surface area contributed by atoms with Crippen LogP contribution >= 0.6 is 39.9 Å². The molecule has 0 bridgehead atoms. The van der Waals surface area contributed by atoms with Crippen LogP contribution in [0.4, 0.5) is 0 Å². The number of thiol groups is 1. The minimum Gasteiger partial charge on any atom is -0.347 e. The van der Waals surface area contributed by atoms with Crippen LogP contribution in [0.3, 0.4) is 0 Å². The fourth-order valence-electron chi connectivity index (χ4n) is 1.36. The zero-order chi connectivity index (χ0) is 12.3. The van der Waals surface area contributed by atoms with Crippen molar-refractivity contribution in [3.05, 3.63) is 50.6 Å². The Kier molecular flexibility index (Phi) is 4.25. The summed E-state index contributed by atoms with van der Waals surface area (Å²) in [6.07, 6.45) is 0. The van der Waals surface area contributed by atoms with Crippen LogP contribution in [0.1, 0.15) is 15.2 Å². The quantitative estimate of drug-likeness (QED) is 0.826. The second kappa shape index (κ2) is 5.71. The van der Waals surface area contributed by atoms with Crippen molar-refractivity contribution in [2.24, 2.45) is 0 Å². The van der Waals surface area contributed by atoms with Crippen molar-refractivity contribution in [3.63, 3.8) is 0 Å². The number of hydrogen-bond acceptors (Lipinski definition) is 3. The van der Waals surface area contributed by atoms with Gasteiger partial charge in [0.1, 0.15) is 0 Å². The van der Waals surface area contributed by atoms with E-state index in [0.717, 1.165) is 13.6 Å². The summed E-state index contributed by atoms with van der Waals surface area (Å²) in [5.41, 5.74) is 0.633. The molecule has 2 nitrogen and oxygen atoms in total. The number of nitrogens with one attached hydrogen (secondary N) is 1. The molecule has 2 aromatic rings. The van der Waals surface area contributed by atoms with E-state index in [-0.39, 0.29) is 5.91 Å². The lowest BCUT2D eigenvalue weighted by Crippen LogP contribution is -2.22. The molecule has 1 heterocycles. The van der Waals surface area contributed by atoms with Gasteiger partial charge in [-0.15, -0.1) is 24.0 Å².